The van der Waals surface area contributed by atoms with E-state index in [1.54, 1.807) is 24.3 Å². The van der Waals surface area contributed by atoms with Gasteiger partial charge in [0.05, 0.1) is 6.54 Å². The molecule has 0 atom stereocenters. The van der Waals surface area contributed by atoms with Gasteiger partial charge in [-0.3, -0.25) is 9.59 Å². The number of hydrogen-bond acceptors (Lipinski definition) is 2. The zero-order chi connectivity index (χ0) is 12.7. The molecule has 2 amide bonds. The quantitative estimate of drug-likeness (QED) is 0.747. The molecule has 1 aromatic carbocycles. The predicted molar refractivity (Wildman–Crippen MR) is 65.1 cm³/mol. The Balaban J connectivity index is 2.58. The van der Waals surface area contributed by atoms with E-state index in [4.69, 9.17) is 6.42 Å². The van der Waals surface area contributed by atoms with E-state index >= 15 is 0 Å². The van der Waals surface area contributed by atoms with E-state index < -0.39 is 0 Å². The molecule has 88 valence electrons. The van der Waals surface area contributed by atoms with Gasteiger partial charge in [-0.15, -0.1) is 6.42 Å². The van der Waals surface area contributed by atoms with E-state index in [0.29, 0.717) is 12.1 Å². The van der Waals surface area contributed by atoms with Gasteiger partial charge in [0.2, 0.25) is 5.91 Å². The van der Waals surface area contributed by atoms with Crippen LogP contribution >= 0.6 is 0 Å². The molecule has 2 N–H and O–H groups in total. The Morgan fingerprint density at radius 1 is 1.24 bits per heavy atom. The third-order valence-electron chi connectivity index (χ3n) is 2.11. The molecule has 0 fully saturated rings. The first-order valence-corrected chi connectivity index (χ1v) is 5.18. The first kappa shape index (κ1) is 12.8. The van der Waals surface area contributed by atoms with Crippen LogP contribution in [0.15, 0.2) is 24.3 Å². The molecular formula is C13H14N2O2. The van der Waals surface area contributed by atoms with Gasteiger partial charge in [-0.2, -0.15) is 0 Å². The molecule has 0 aliphatic carbocycles. The van der Waals surface area contributed by atoms with Gasteiger partial charge in [-0.1, -0.05) is 18.1 Å². The van der Waals surface area contributed by atoms with Crippen molar-refractivity contribution in [2.75, 3.05) is 6.54 Å². The highest BCUT2D eigenvalue weighted by Gasteiger charge is 2.03. The molecular weight excluding hydrogens is 216 g/mol. The summed E-state index contributed by atoms with van der Waals surface area (Å²) in [5, 5.41) is 5.25. The fraction of sp³-hybridized carbons (Fsp3) is 0.231. The number of amides is 2. The summed E-state index contributed by atoms with van der Waals surface area (Å²) in [5.74, 6) is 2.05. The highest BCUT2D eigenvalue weighted by atomic mass is 16.2. The van der Waals surface area contributed by atoms with Crippen molar-refractivity contribution in [2.24, 2.45) is 0 Å². The Hall–Kier alpha value is -2.28. The molecule has 0 aliphatic heterocycles. The smallest absolute Gasteiger partial charge is 0.252 e. The van der Waals surface area contributed by atoms with Gasteiger partial charge in [0.15, 0.2) is 0 Å². The molecule has 4 nitrogen and oxygen atoms in total. The molecule has 0 radical (unpaired) electrons. The maximum atomic E-state index is 11.5. The van der Waals surface area contributed by atoms with E-state index in [-0.39, 0.29) is 18.4 Å². The van der Waals surface area contributed by atoms with Crippen molar-refractivity contribution < 1.29 is 9.59 Å². The lowest BCUT2D eigenvalue weighted by molar-refractivity contribution is -0.119. The fourth-order valence-electron chi connectivity index (χ4n) is 1.23. The summed E-state index contributed by atoms with van der Waals surface area (Å²) in [5.41, 5.74) is 1.49. The third-order valence-corrected chi connectivity index (χ3v) is 2.11. The van der Waals surface area contributed by atoms with Crippen LogP contribution in [0.3, 0.4) is 0 Å². The summed E-state index contributed by atoms with van der Waals surface area (Å²) in [4.78, 5) is 22.2. The third kappa shape index (κ3) is 4.39. The number of rotatable bonds is 4. The van der Waals surface area contributed by atoms with Gasteiger partial charge in [0.25, 0.3) is 5.91 Å². The van der Waals surface area contributed by atoms with Crippen LogP contribution < -0.4 is 10.6 Å². The Labute approximate surface area is 100 Å². The highest BCUT2D eigenvalue weighted by molar-refractivity contribution is 5.94. The van der Waals surface area contributed by atoms with Gasteiger partial charge < -0.3 is 10.6 Å². The van der Waals surface area contributed by atoms with E-state index in [1.807, 2.05) is 0 Å². The van der Waals surface area contributed by atoms with Crippen LogP contribution in [0.2, 0.25) is 0 Å². The lowest BCUT2D eigenvalue weighted by Gasteiger charge is -2.04. The molecule has 0 unspecified atom stereocenters. The summed E-state index contributed by atoms with van der Waals surface area (Å²) in [6, 6.07) is 6.98. The number of carbonyl (C=O) groups excluding carboxylic acids is 2. The van der Waals surface area contributed by atoms with Gasteiger partial charge >= 0.3 is 0 Å². The average molecular weight is 230 g/mol. The zero-order valence-electron chi connectivity index (χ0n) is 9.62. The zero-order valence-corrected chi connectivity index (χ0v) is 9.62. The normalized spacial score (nSPS) is 9.18. The van der Waals surface area contributed by atoms with Gasteiger partial charge in [-0.25, -0.2) is 0 Å². The minimum absolute atomic E-state index is 0.0826. The van der Waals surface area contributed by atoms with E-state index in [9.17, 15) is 9.59 Å². The first-order valence-electron chi connectivity index (χ1n) is 5.18. The van der Waals surface area contributed by atoms with Crippen LogP contribution in [0, 0.1) is 12.3 Å². The Morgan fingerprint density at radius 2 is 1.88 bits per heavy atom. The summed E-state index contributed by atoms with van der Waals surface area (Å²) in [6.07, 6.45) is 5.04. The second-order valence-electron chi connectivity index (χ2n) is 3.49. The van der Waals surface area contributed by atoms with Crippen molar-refractivity contribution in [3.63, 3.8) is 0 Å². The van der Waals surface area contributed by atoms with Crippen LogP contribution in [0.4, 0.5) is 0 Å². The Bertz CT molecular complexity index is 443. The molecule has 1 rings (SSSR count). The molecule has 0 aromatic heterocycles. The van der Waals surface area contributed by atoms with Crippen LogP contribution in [0.5, 0.6) is 0 Å². The average Bonchev–Trinajstić information content (AvgIpc) is 2.34. The molecule has 17 heavy (non-hydrogen) atoms. The van der Waals surface area contributed by atoms with Crippen molar-refractivity contribution in [1.29, 1.82) is 0 Å². The molecule has 0 saturated carbocycles. The lowest BCUT2D eigenvalue weighted by atomic mass is 10.1. The summed E-state index contributed by atoms with van der Waals surface area (Å²) in [6.45, 7) is 2.13. The maximum Gasteiger partial charge on any atom is 0.252 e. The molecule has 0 aliphatic rings. The van der Waals surface area contributed by atoms with Crippen LogP contribution in [0.25, 0.3) is 0 Å². The van der Waals surface area contributed by atoms with E-state index in [0.717, 1.165) is 5.56 Å². The van der Waals surface area contributed by atoms with Crippen LogP contribution in [-0.4, -0.2) is 18.4 Å². The maximum absolute atomic E-state index is 11.5. The van der Waals surface area contributed by atoms with E-state index in [2.05, 4.69) is 16.6 Å². The standard InChI is InChI=1S/C13H14N2O2/c1-3-8-14-13(17)12-6-4-11(5-7-12)9-15-10(2)16/h1,4-7H,8-9H2,2H3,(H,14,17)(H,15,16). The molecule has 0 bridgehead atoms. The number of terminal acetylenes is 1. The lowest BCUT2D eigenvalue weighted by Crippen LogP contribution is -2.23. The first-order chi connectivity index (χ1) is 8.13. The second-order valence-corrected chi connectivity index (χ2v) is 3.49. The number of nitrogens with one attached hydrogen (secondary N) is 2. The topological polar surface area (TPSA) is 58.2 Å². The Kier molecular flexibility index (Phi) is 4.77. The Morgan fingerprint density at radius 3 is 2.41 bits per heavy atom. The fourth-order valence-corrected chi connectivity index (χ4v) is 1.23. The largest absolute Gasteiger partial charge is 0.352 e. The second kappa shape index (κ2) is 6.33. The van der Waals surface area contributed by atoms with Crippen molar-refractivity contribution in [3.05, 3.63) is 35.4 Å². The summed E-state index contributed by atoms with van der Waals surface area (Å²) >= 11 is 0. The molecule has 0 heterocycles. The van der Waals surface area contributed by atoms with Gasteiger partial charge in [-0.05, 0) is 17.7 Å². The number of hydrogen-bond donors (Lipinski definition) is 2. The summed E-state index contributed by atoms with van der Waals surface area (Å²) < 4.78 is 0. The highest BCUT2D eigenvalue weighted by Crippen LogP contribution is 2.04. The van der Waals surface area contributed by atoms with E-state index in [1.165, 1.54) is 6.92 Å². The van der Waals surface area contributed by atoms with Gasteiger partial charge in [0, 0.05) is 19.0 Å². The molecule has 0 spiro atoms. The van der Waals surface area contributed by atoms with Crippen molar-refractivity contribution in [3.8, 4) is 12.3 Å². The van der Waals surface area contributed by atoms with Crippen molar-refractivity contribution >= 4 is 11.8 Å². The minimum atomic E-state index is -0.200. The van der Waals surface area contributed by atoms with Gasteiger partial charge in [0.1, 0.15) is 0 Å². The number of carbonyl (C=O) groups is 2. The number of benzene rings is 1. The SMILES string of the molecule is C#CCNC(=O)c1ccc(CNC(C)=O)cc1. The monoisotopic (exact) mass is 230 g/mol. The van der Waals surface area contributed by atoms with Crippen molar-refractivity contribution in [2.45, 2.75) is 13.5 Å². The predicted octanol–water partition coefficient (Wildman–Crippen LogP) is 0.686. The molecule has 1 aromatic rings. The van der Waals surface area contributed by atoms with Crippen LogP contribution in [0.1, 0.15) is 22.8 Å². The van der Waals surface area contributed by atoms with Crippen molar-refractivity contribution in [1.82, 2.24) is 10.6 Å². The van der Waals surface area contributed by atoms with Crippen LogP contribution in [-0.2, 0) is 11.3 Å². The minimum Gasteiger partial charge on any atom is -0.352 e. The molecule has 4 heteroatoms. The molecule has 0 saturated heterocycles. The summed E-state index contributed by atoms with van der Waals surface area (Å²) in [7, 11) is 0.